The number of hydrogen-bond donors (Lipinski definition) is 1. The zero-order chi connectivity index (χ0) is 7.40. The molecule has 1 aromatic heterocycles. The lowest BCUT2D eigenvalue weighted by Gasteiger charge is -2.01. The van der Waals surface area contributed by atoms with Crippen molar-refractivity contribution in [3.05, 3.63) is 22.4 Å². The third-order valence-corrected chi connectivity index (χ3v) is 1.94. The lowest BCUT2D eigenvalue weighted by atomic mass is 10.1. The van der Waals surface area contributed by atoms with Gasteiger partial charge in [-0.1, -0.05) is 0 Å². The highest BCUT2D eigenvalue weighted by Crippen LogP contribution is 2.18. The van der Waals surface area contributed by atoms with Gasteiger partial charge in [-0.2, -0.15) is 11.3 Å². The molecular weight excluding hydrogens is 144 g/mol. The van der Waals surface area contributed by atoms with E-state index in [9.17, 15) is 5.11 Å². The summed E-state index contributed by atoms with van der Waals surface area (Å²) in [4.78, 5) is 0. The summed E-state index contributed by atoms with van der Waals surface area (Å²) in [5.74, 6) is 2.41. The summed E-state index contributed by atoms with van der Waals surface area (Å²) in [7, 11) is 0. The second-order valence-electron chi connectivity index (χ2n) is 1.98. The van der Waals surface area contributed by atoms with Gasteiger partial charge in [-0.3, -0.25) is 0 Å². The molecule has 52 valence electrons. The van der Waals surface area contributed by atoms with Gasteiger partial charge < -0.3 is 5.11 Å². The summed E-state index contributed by atoms with van der Waals surface area (Å²) >= 11 is 1.57. The molecule has 10 heavy (non-hydrogen) atoms. The van der Waals surface area contributed by atoms with Crippen LogP contribution in [0.4, 0.5) is 0 Å². The number of hydrogen-bond acceptors (Lipinski definition) is 2. The Morgan fingerprint density at radius 1 is 1.80 bits per heavy atom. The molecule has 0 aliphatic carbocycles. The minimum atomic E-state index is -0.476. The molecule has 0 spiro atoms. The van der Waals surface area contributed by atoms with Crippen molar-refractivity contribution in [1.82, 2.24) is 0 Å². The maximum atomic E-state index is 9.27. The van der Waals surface area contributed by atoms with Gasteiger partial charge in [0.2, 0.25) is 0 Å². The molecule has 0 radical (unpaired) electrons. The molecule has 0 saturated carbocycles. The SMILES string of the molecule is C#CCC(O)c1ccsc1. The van der Waals surface area contributed by atoms with Crippen molar-refractivity contribution in [2.75, 3.05) is 0 Å². The zero-order valence-corrected chi connectivity index (χ0v) is 6.27. The Morgan fingerprint density at radius 2 is 2.60 bits per heavy atom. The number of rotatable bonds is 2. The van der Waals surface area contributed by atoms with Crippen LogP contribution in [0, 0.1) is 12.3 Å². The molecule has 0 aliphatic rings. The highest BCUT2D eigenvalue weighted by atomic mass is 32.1. The van der Waals surface area contributed by atoms with Gasteiger partial charge in [0.05, 0.1) is 6.10 Å². The molecule has 0 fully saturated rings. The van der Waals surface area contributed by atoms with Crippen molar-refractivity contribution in [3.63, 3.8) is 0 Å². The van der Waals surface area contributed by atoms with Crippen molar-refractivity contribution in [2.24, 2.45) is 0 Å². The average Bonchev–Trinajstić information content (AvgIpc) is 2.38. The van der Waals surface area contributed by atoms with Crippen LogP contribution in [0.25, 0.3) is 0 Å². The maximum absolute atomic E-state index is 9.27. The van der Waals surface area contributed by atoms with Crippen LogP contribution in [-0.2, 0) is 0 Å². The standard InChI is InChI=1S/C8H8OS/c1-2-3-8(9)7-4-5-10-6-7/h1,4-6,8-9H,3H2. The molecule has 1 aromatic rings. The van der Waals surface area contributed by atoms with Gasteiger partial charge in [-0.25, -0.2) is 0 Å². The quantitative estimate of drug-likeness (QED) is 0.641. The number of aliphatic hydroxyl groups is 1. The van der Waals surface area contributed by atoms with Crippen LogP contribution in [0.5, 0.6) is 0 Å². The van der Waals surface area contributed by atoms with Crippen molar-refractivity contribution >= 4 is 11.3 Å². The highest BCUT2D eigenvalue weighted by molar-refractivity contribution is 7.07. The van der Waals surface area contributed by atoms with Crippen molar-refractivity contribution in [3.8, 4) is 12.3 Å². The zero-order valence-electron chi connectivity index (χ0n) is 5.45. The Morgan fingerprint density at radius 3 is 3.10 bits per heavy atom. The molecule has 1 nitrogen and oxygen atoms in total. The smallest absolute Gasteiger partial charge is 0.0907 e. The molecule has 1 atom stereocenters. The van der Waals surface area contributed by atoms with Gasteiger partial charge in [0.25, 0.3) is 0 Å². The lowest BCUT2D eigenvalue weighted by Crippen LogP contribution is -1.92. The van der Waals surface area contributed by atoms with Crippen LogP contribution < -0.4 is 0 Å². The van der Waals surface area contributed by atoms with E-state index in [-0.39, 0.29) is 0 Å². The van der Waals surface area contributed by atoms with Crippen molar-refractivity contribution in [1.29, 1.82) is 0 Å². The monoisotopic (exact) mass is 152 g/mol. The molecule has 0 aromatic carbocycles. The Bertz CT molecular complexity index is 220. The minimum absolute atomic E-state index is 0.400. The molecule has 2 heteroatoms. The Labute approximate surface area is 64.3 Å². The molecule has 1 unspecified atom stereocenters. The van der Waals surface area contributed by atoms with E-state index >= 15 is 0 Å². The Kier molecular flexibility index (Phi) is 2.49. The summed E-state index contributed by atoms with van der Waals surface area (Å²) < 4.78 is 0. The summed E-state index contributed by atoms with van der Waals surface area (Å²) in [6.45, 7) is 0. The van der Waals surface area contributed by atoms with E-state index in [2.05, 4.69) is 5.92 Å². The molecule has 1 heterocycles. The van der Waals surface area contributed by atoms with E-state index in [0.29, 0.717) is 6.42 Å². The van der Waals surface area contributed by atoms with Gasteiger partial charge in [0, 0.05) is 6.42 Å². The maximum Gasteiger partial charge on any atom is 0.0907 e. The first-order chi connectivity index (χ1) is 4.84. The van der Waals surface area contributed by atoms with Crippen LogP contribution in [0.3, 0.4) is 0 Å². The van der Waals surface area contributed by atoms with Crippen LogP contribution in [-0.4, -0.2) is 5.11 Å². The summed E-state index contributed by atoms with van der Waals surface area (Å²) in [6.07, 6.45) is 4.95. The highest BCUT2D eigenvalue weighted by Gasteiger charge is 2.03. The van der Waals surface area contributed by atoms with Crippen molar-refractivity contribution < 1.29 is 5.11 Å². The third kappa shape index (κ3) is 1.60. The van der Waals surface area contributed by atoms with E-state index in [1.54, 1.807) is 11.3 Å². The van der Waals surface area contributed by atoms with E-state index in [4.69, 9.17) is 6.42 Å². The first kappa shape index (κ1) is 7.33. The van der Waals surface area contributed by atoms with E-state index < -0.39 is 6.10 Å². The van der Waals surface area contributed by atoms with Crippen LogP contribution in [0.15, 0.2) is 16.8 Å². The van der Waals surface area contributed by atoms with E-state index in [1.165, 1.54) is 0 Å². The topological polar surface area (TPSA) is 20.2 Å². The molecule has 0 bridgehead atoms. The van der Waals surface area contributed by atoms with Crippen LogP contribution in [0.2, 0.25) is 0 Å². The second-order valence-corrected chi connectivity index (χ2v) is 2.76. The first-order valence-corrected chi connectivity index (χ1v) is 3.92. The molecule has 1 rings (SSSR count). The normalized spacial score (nSPS) is 12.4. The molecule has 1 N–H and O–H groups in total. The minimum Gasteiger partial charge on any atom is -0.387 e. The molecule has 0 amide bonds. The first-order valence-electron chi connectivity index (χ1n) is 2.98. The van der Waals surface area contributed by atoms with Gasteiger partial charge in [-0.15, -0.1) is 12.3 Å². The fourth-order valence-corrected chi connectivity index (χ4v) is 1.40. The molecule has 0 saturated heterocycles. The predicted octanol–water partition coefficient (Wildman–Crippen LogP) is 1.80. The largest absolute Gasteiger partial charge is 0.387 e. The number of thiophene rings is 1. The lowest BCUT2D eigenvalue weighted by molar-refractivity contribution is 0.184. The van der Waals surface area contributed by atoms with Crippen molar-refractivity contribution in [2.45, 2.75) is 12.5 Å². The van der Waals surface area contributed by atoms with Crippen LogP contribution in [0.1, 0.15) is 18.1 Å². The van der Waals surface area contributed by atoms with Gasteiger partial charge in [0.15, 0.2) is 0 Å². The van der Waals surface area contributed by atoms with E-state index in [1.807, 2.05) is 16.8 Å². The van der Waals surface area contributed by atoms with Gasteiger partial charge in [0.1, 0.15) is 0 Å². The third-order valence-electron chi connectivity index (χ3n) is 1.24. The average molecular weight is 152 g/mol. The Balaban J connectivity index is 2.61. The fourth-order valence-electron chi connectivity index (χ4n) is 0.694. The summed E-state index contributed by atoms with van der Waals surface area (Å²) in [5.41, 5.74) is 0.919. The van der Waals surface area contributed by atoms with Crippen LogP contribution >= 0.6 is 11.3 Å². The second kappa shape index (κ2) is 3.40. The van der Waals surface area contributed by atoms with Gasteiger partial charge >= 0.3 is 0 Å². The summed E-state index contributed by atoms with van der Waals surface area (Å²) in [5, 5.41) is 13.1. The van der Waals surface area contributed by atoms with Gasteiger partial charge in [-0.05, 0) is 22.4 Å². The molecule has 0 aliphatic heterocycles. The Hall–Kier alpha value is -0.780. The molecular formula is C8H8OS. The number of aliphatic hydroxyl groups excluding tert-OH is 1. The van der Waals surface area contributed by atoms with E-state index in [0.717, 1.165) is 5.56 Å². The summed E-state index contributed by atoms with van der Waals surface area (Å²) in [6, 6.07) is 1.88. The number of terminal acetylenes is 1. The predicted molar refractivity (Wildman–Crippen MR) is 42.7 cm³/mol. The fraction of sp³-hybridized carbons (Fsp3) is 0.250.